The molecule has 3 aliphatic rings. The van der Waals surface area contributed by atoms with E-state index in [-0.39, 0.29) is 17.9 Å². The number of hydrogen-bond acceptors (Lipinski definition) is 4. The first-order chi connectivity index (χ1) is 14.1. The van der Waals surface area contributed by atoms with Crippen LogP contribution in [0.2, 0.25) is 0 Å². The molecule has 4 nitrogen and oxygen atoms in total. The number of rotatable bonds is 9. The number of allylic oxidation sites excluding steroid dienone is 1. The second-order valence-electron chi connectivity index (χ2n) is 9.18. The minimum absolute atomic E-state index is 0.116. The Hall–Kier alpha value is -1.12. The Kier molecular flexibility index (Phi) is 8.81. The van der Waals surface area contributed by atoms with Crippen LogP contribution >= 0.6 is 0 Å². The van der Waals surface area contributed by atoms with Crippen LogP contribution in [0.15, 0.2) is 23.8 Å². The zero-order valence-electron chi connectivity index (χ0n) is 18.2. The lowest BCUT2D eigenvalue weighted by atomic mass is 9.89. The fourth-order valence-corrected chi connectivity index (χ4v) is 5.22. The molecule has 3 rings (SSSR count). The molecule has 1 heterocycles. The summed E-state index contributed by atoms with van der Waals surface area (Å²) in [5, 5.41) is 20.9. The largest absolute Gasteiger partial charge is 0.392 e. The van der Waals surface area contributed by atoms with Crippen molar-refractivity contribution in [1.82, 2.24) is 4.90 Å². The molecule has 2 saturated carbocycles. The fourth-order valence-electron chi connectivity index (χ4n) is 5.22. The molecule has 0 bridgehead atoms. The van der Waals surface area contributed by atoms with Crippen LogP contribution < -0.4 is 0 Å². The maximum absolute atomic E-state index is 10.5. The highest BCUT2D eigenvalue weighted by Crippen LogP contribution is 2.50. The predicted octanol–water partition coefficient (Wildman–Crippen LogP) is 3.40. The Bertz CT molecular complexity index is 626. The first kappa shape index (κ1) is 22.6. The number of fused-ring (bicyclic) bond motifs is 1. The van der Waals surface area contributed by atoms with Gasteiger partial charge in [0.2, 0.25) is 0 Å². The molecular weight excluding hydrogens is 362 g/mol. The summed E-state index contributed by atoms with van der Waals surface area (Å²) in [6.45, 7) is 8.88. The van der Waals surface area contributed by atoms with Gasteiger partial charge in [-0.15, -0.1) is 11.8 Å². The van der Waals surface area contributed by atoms with E-state index in [1.165, 1.54) is 31.5 Å². The number of aliphatic hydroxyl groups is 2. The van der Waals surface area contributed by atoms with Gasteiger partial charge in [0.25, 0.3) is 0 Å². The van der Waals surface area contributed by atoms with Crippen LogP contribution in [0.5, 0.6) is 0 Å². The van der Waals surface area contributed by atoms with Gasteiger partial charge in [-0.25, -0.2) is 0 Å². The average Bonchev–Trinajstić information content (AvgIpc) is 3.41. The second kappa shape index (κ2) is 11.3. The fraction of sp³-hybridized carbons (Fsp3) is 0.760. The molecule has 0 spiro atoms. The number of ether oxygens (including phenoxy) is 1. The third-order valence-electron chi connectivity index (χ3n) is 7.07. The zero-order chi connectivity index (χ0) is 20.6. The van der Waals surface area contributed by atoms with Gasteiger partial charge in [0.05, 0.1) is 25.4 Å². The standard InChI is InChI=1S/C25H39NO3/c1-3-4-7-19(2)24(27)9-8-22-23-17-20(16-21(23)18-25(22)28)10-14-29-15-13-26-11-5-6-12-26/h8-10,19,21-25,27-28H,5-7,11-18H2,1-2H3/t19-,21+,22-,23+,24-,25-/m1/s1. The number of nitrogens with zero attached hydrogens (tertiary/aromatic N) is 1. The number of hydrogen-bond donors (Lipinski definition) is 2. The van der Waals surface area contributed by atoms with E-state index in [9.17, 15) is 10.2 Å². The SMILES string of the molecule is CC#CC[C@@H](C)[C@H](O)C=C[C@@H]1[C@H]2CC(=CCOCCN3CCCC3)C[C@H]2C[C@H]1O. The van der Waals surface area contributed by atoms with Crippen molar-refractivity contribution in [3.8, 4) is 11.8 Å². The molecule has 1 saturated heterocycles. The van der Waals surface area contributed by atoms with E-state index in [2.05, 4.69) is 28.9 Å². The van der Waals surface area contributed by atoms with Gasteiger partial charge < -0.3 is 19.8 Å². The van der Waals surface area contributed by atoms with Crippen LogP contribution in [-0.2, 0) is 4.74 Å². The predicted molar refractivity (Wildman–Crippen MR) is 117 cm³/mol. The minimum atomic E-state index is -0.498. The van der Waals surface area contributed by atoms with Gasteiger partial charge in [0.15, 0.2) is 0 Å². The van der Waals surface area contributed by atoms with Gasteiger partial charge in [-0.05, 0) is 69.9 Å². The molecule has 0 amide bonds. The first-order valence-electron chi connectivity index (χ1n) is 11.5. The summed E-state index contributed by atoms with van der Waals surface area (Å²) in [7, 11) is 0. The zero-order valence-corrected chi connectivity index (χ0v) is 18.2. The van der Waals surface area contributed by atoms with Gasteiger partial charge in [0, 0.05) is 18.9 Å². The molecular formula is C25H39NO3. The number of aliphatic hydroxyl groups excluding tert-OH is 2. The molecule has 2 N–H and O–H groups in total. The highest BCUT2D eigenvalue weighted by Gasteiger charge is 2.45. The lowest BCUT2D eigenvalue weighted by molar-refractivity contribution is 0.132. The van der Waals surface area contributed by atoms with Gasteiger partial charge in [-0.3, -0.25) is 0 Å². The topological polar surface area (TPSA) is 52.9 Å². The van der Waals surface area contributed by atoms with Crippen molar-refractivity contribution in [2.24, 2.45) is 23.7 Å². The maximum Gasteiger partial charge on any atom is 0.0755 e. The van der Waals surface area contributed by atoms with Gasteiger partial charge in [0.1, 0.15) is 0 Å². The summed E-state index contributed by atoms with van der Waals surface area (Å²) < 4.78 is 5.84. The van der Waals surface area contributed by atoms with Crippen LogP contribution in [0.4, 0.5) is 0 Å². The monoisotopic (exact) mass is 401 g/mol. The molecule has 6 atom stereocenters. The Labute approximate surface area is 177 Å². The van der Waals surface area contributed by atoms with E-state index < -0.39 is 6.10 Å². The van der Waals surface area contributed by atoms with Crippen LogP contribution in [0, 0.1) is 35.5 Å². The normalized spacial score (nSPS) is 33.2. The molecule has 0 radical (unpaired) electrons. The number of likely N-dealkylation sites (tertiary alicyclic amines) is 1. The minimum Gasteiger partial charge on any atom is -0.392 e. The van der Waals surface area contributed by atoms with Crippen molar-refractivity contribution >= 4 is 0 Å². The van der Waals surface area contributed by atoms with Crippen LogP contribution in [0.3, 0.4) is 0 Å². The van der Waals surface area contributed by atoms with Gasteiger partial charge >= 0.3 is 0 Å². The second-order valence-corrected chi connectivity index (χ2v) is 9.18. The quantitative estimate of drug-likeness (QED) is 0.353. The van der Waals surface area contributed by atoms with E-state index in [1.54, 1.807) is 0 Å². The first-order valence-corrected chi connectivity index (χ1v) is 11.5. The van der Waals surface area contributed by atoms with Gasteiger partial charge in [-0.2, -0.15) is 0 Å². The lowest BCUT2D eigenvalue weighted by Gasteiger charge is -2.19. The van der Waals surface area contributed by atoms with Gasteiger partial charge in [-0.1, -0.05) is 30.7 Å². The van der Waals surface area contributed by atoms with Crippen molar-refractivity contribution in [1.29, 1.82) is 0 Å². The molecule has 0 aromatic heterocycles. The molecule has 3 fully saturated rings. The van der Waals surface area contributed by atoms with E-state index in [4.69, 9.17) is 4.74 Å². The molecule has 2 aliphatic carbocycles. The molecule has 4 heteroatoms. The molecule has 1 aliphatic heterocycles. The van der Waals surface area contributed by atoms with Crippen molar-refractivity contribution in [3.05, 3.63) is 23.8 Å². The highest BCUT2D eigenvalue weighted by atomic mass is 16.5. The highest BCUT2D eigenvalue weighted by molar-refractivity contribution is 5.18. The summed E-state index contributed by atoms with van der Waals surface area (Å²) >= 11 is 0. The van der Waals surface area contributed by atoms with Crippen molar-refractivity contribution in [2.45, 2.75) is 64.6 Å². The molecule has 0 aromatic rings. The Morgan fingerprint density at radius 1 is 1.28 bits per heavy atom. The lowest BCUT2D eigenvalue weighted by Crippen LogP contribution is -2.24. The third-order valence-corrected chi connectivity index (χ3v) is 7.07. The Morgan fingerprint density at radius 3 is 2.83 bits per heavy atom. The average molecular weight is 402 g/mol. The summed E-state index contributed by atoms with van der Waals surface area (Å²) in [6.07, 6.45) is 11.8. The smallest absolute Gasteiger partial charge is 0.0755 e. The van der Waals surface area contributed by atoms with E-state index in [0.717, 1.165) is 32.4 Å². The Balaban J connectivity index is 1.43. The van der Waals surface area contributed by atoms with Crippen molar-refractivity contribution < 1.29 is 14.9 Å². The van der Waals surface area contributed by atoms with E-state index in [1.807, 2.05) is 19.9 Å². The maximum atomic E-state index is 10.5. The molecule has 29 heavy (non-hydrogen) atoms. The van der Waals surface area contributed by atoms with Crippen molar-refractivity contribution in [2.75, 3.05) is 32.8 Å². The molecule has 0 unspecified atom stereocenters. The van der Waals surface area contributed by atoms with E-state index in [0.29, 0.717) is 24.9 Å². The molecule has 0 aromatic carbocycles. The molecule has 162 valence electrons. The Morgan fingerprint density at radius 2 is 2.07 bits per heavy atom. The summed E-state index contributed by atoms with van der Waals surface area (Å²) in [5.74, 6) is 7.26. The summed E-state index contributed by atoms with van der Waals surface area (Å²) in [4.78, 5) is 2.48. The van der Waals surface area contributed by atoms with Crippen LogP contribution in [-0.4, -0.2) is 60.2 Å². The van der Waals surface area contributed by atoms with E-state index >= 15 is 0 Å². The third kappa shape index (κ3) is 6.43. The summed E-state index contributed by atoms with van der Waals surface area (Å²) in [5.41, 5.74) is 1.48. The van der Waals surface area contributed by atoms with Crippen LogP contribution in [0.25, 0.3) is 0 Å². The van der Waals surface area contributed by atoms with Crippen LogP contribution in [0.1, 0.15) is 52.4 Å². The van der Waals surface area contributed by atoms with Crippen molar-refractivity contribution in [3.63, 3.8) is 0 Å². The summed E-state index contributed by atoms with van der Waals surface area (Å²) in [6, 6.07) is 0.